The molecule has 3 aliphatic rings. The van der Waals surface area contributed by atoms with E-state index in [2.05, 4.69) is 30.3 Å². The average molecular weight is 462 g/mol. The fourth-order valence-electron chi connectivity index (χ4n) is 6.32. The van der Waals surface area contributed by atoms with Crippen molar-refractivity contribution in [3.05, 3.63) is 103 Å². The lowest BCUT2D eigenvalue weighted by Crippen LogP contribution is -2.67. The average Bonchev–Trinajstić information content (AvgIpc) is 2.87. The molecule has 5 atom stereocenters. The van der Waals surface area contributed by atoms with Gasteiger partial charge in [-0.15, -0.1) is 13.2 Å². The fraction of sp³-hybridized carbons (Fsp3) is 0.345. The summed E-state index contributed by atoms with van der Waals surface area (Å²) in [5.74, 6) is -0.660. The number of halogens is 2. The van der Waals surface area contributed by atoms with Crippen molar-refractivity contribution in [3.63, 3.8) is 0 Å². The zero-order chi connectivity index (χ0) is 23.7. The number of nitrogens with zero attached hydrogens (tertiary/aromatic N) is 2. The number of hydrogen-bond acceptors (Lipinski definition) is 2. The predicted octanol–water partition coefficient (Wildman–Crippen LogP) is 6.37. The second kappa shape index (κ2) is 9.40. The number of rotatable bonds is 8. The van der Waals surface area contributed by atoms with E-state index in [-0.39, 0.29) is 12.1 Å². The molecule has 0 spiro atoms. The van der Waals surface area contributed by atoms with Gasteiger partial charge in [-0.25, -0.2) is 8.78 Å². The Kier molecular flexibility index (Phi) is 6.32. The molecule has 176 valence electrons. The maximum atomic E-state index is 14.9. The summed E-state index contributed by atoms with van der Waals surface area (Å²) in [6.07, 6.45) is 7.45. The zero-order valence-electron chi connectivity index (χ0n) is 19.4. The highest BCUT2D eigenvalue weighted by molar-refractivity contribution is 5.82. The summed E-state index contributed by atoms with van der Waals surface area (Å²) in [6.45, 7) is 10.6. The number of fused-ring (bicyclic) bond motifs is 4. The van der Waals surface area contributed by atoms with Crippen molar-refractivity contribution < 1.29 is 18.0 Å². The SMILES string of the molecule is C=CCO[C@H](c1ccnc2ccccc12)[C@H]1C[C@@H]2CC[N@@+]1(Cc1cccc(F)c1F)C[C@@H]2C=C. The largest absolute Gasteiger partial charge is 0.363 e. The summed E-state index contributed by atoms with van der Waals surface area (Å²) in [7, 11) is 0. The van der Waals surface area contributed by atoms with Gasteiger partial charge in [0.1, 0.15) is 18.7 Å². The smallest absolute Gasteiger partial charge is 0.167 e. The van der Waals surface area contributed by atoms with Crippen LogP contribution in [0.5, 0.6) is 0 Å². The maximum absolute atomic E-state index is 14.9. The van der Waals surface area contributed by atoms with Crippen LogP contribution in [-0.4, -0.2) is 35.2 Å². The molecule has 1 aromatic heterocycles. The Bertz CT molecular complexity index is 1210. The first-order valence-corrected chi connectivity index (χ1v) is 12.0. The molecule has 5 heteroatoms. The van der Waals surface area contributed by atoms with Crippen molar-refractivity contribution in [2.45, 2.75) is 31.5 Å². The standard InChI is InChI=1S/C29H31F2N2O/c1-3-16-34-29(24-12-14-32-26-11-6-5-9-23(24)26)27-17-21-13-15-33(27,18-20(21)4-2)19-22-8-7-10-25(30)28(22)31/h3-12,14,20-21,27,29H,1-2,13,15-19H2/q+1/t20-,21-,27+,29+,33-/m0/s1. The first-order chi connectivity index (χ1) is 16.6. The lowest BCUT2D eigenvalue weighted by atomic mass is 9.71. The monoisotopic (exact) mass is 461 g/mol. The Morgan fingerprint density at radius 2 is 1.97 bits per heavy atom. The second-order valence-electron chi connectivity index (χ2n) is 9.71. The predicted molar refractivity (Wildman–Crippen MR) is 131 cm³/mol. The van der Waals surface area contributed by atoms with E-state index in [0.717, 1.165) is 42.4 Å². The molecule has 3 aliphatic heterocycles. The highest BCUT2D eigenvalue weighted by atomic mass is 19.2. The van der Waals surface area contributed by atoms with E-state index in [9.17, 15) is 8.78 Å². The van der Waals surface area contributed by atoms with Crippen molar-refractivity contribution in [2.24, 2.45) is 11.8 Å². The molecule has 34 heavy (non-hydrogen) atoms. The van der Waals surface area contributed by atoms with Crippen LogP contribution in [0.15, 0.2) is 80.0 Å². The molecule has 0 saturated carbocycles. The third-order valence-electron chi connectivity index (χ3n) is 7.92. The maximum Gasteiger partial charge on any atom is 0.167 e. The molecule has 6 rings (SSSR count). The lowest BCUT2D eigenvalue weighted by molar-refractivity contribution is -0.985. The zero-order valence-corrected chi connectivity index (χ0v) is 19.4. The summed E-state index contributed by atoms with van der Waals surface area (Å²) in [5, 5.41) is 1.07. The summed E-state index contributed by atoms with van der Waals surface area (Å²) < 4.78 is 36.2. The topological polar surface area (TPSA) is 22.1 Å². The summed E-state index contributed by atoms with van der Waals surface area (Å²) in [6, 6.07) is 14.7. The third kappa shape index (κ3) is 3.97. The summed E-state index contributed by atoms with van der Waals surface area (Å²) in [5.41, 5.74) is 2.45. The third-order valence-corrected chi connectivity index (χ3v) is 7.92. The number of quaternary nitrogens is 1. The number of benzene rings is 2. The van der Waals surface area contributed by atoms with Crippen LogP contribution in [0.2, 0.25) is 0 Å². The highest BCUT2D eigenvalue weighted by Crippen LogP contribution is 2.49. The molecule has 0 N–H and O–H groups in total. The molecule has 3 saturated heterocycles. The van der Waals surface area contributed by atoms with Gasteiger partial charge in [-0.2, -0.15) is 0 Å². The minimum Gasteiger partial charge on any atom is -0.363 e. The van der Waals surface area contributed by atoms with Gasteiger partial charge in [0.25, 0.3) is 0 Å². The number of aromatic nitrogens is 1. The van der Waals surface area contributed by atoms with Gasteiger partial charge in [0.05, 0.1) is 25.2 Å². The van der Waals surface area contributed by atoms with Crippen LogP contribution in [0.4, 0.5) is 8.78 Å². The molecule has 0 aliphatic carbocycles. The molecule has 2 bridgehead atoms. The van der Waals surface area contributed by atoms with E-state index in [1.165, 1.54) is 6.07 Å². The van der Waals surface area contributed by atoms with E-state index in [1.54, 1.807) is 18.2 Å². The molecule has 2 aromatic carbocycles. The minimum atomic E-state index is -0.793. The first-order valence-electron chi connectivity index (χ1n) is 12.0. The Hall–Kier alpha value is -2.89. The number of pyridine rings is 1. The first kappa shape index (κ1) is 22.9. The molecular weight excluding hydrogens is 430 g/mol. The van der Waals surface area contributed by atoms with Crippen molar-refractivity contribution in [1.29, 1.82) is 0 Å². The van der Waals surface area contributed by atoms with Crippen LogP contribution < -0.4 is 0 Å². The normalized spacial score (nSPS) is 26.9. The van der Waals surface area contributed by atoms with Crippen molar-refractivity contribution in [3.8, 4) is 0 Å². The van der Waals surface area contributed by atoms with E-state index in [0.29, 0.717) is 35.0 Å². The van der Waals surface area contributed by atoms with Gasteiger partial charge in [0, 0.05) is 35.9 Å². The number of para-hydroxylation sites is 1. The van der Waals surface area contributed by atoms with Crippen LogP contribution in [0, 0.1) is 23.5 Å². The Balaban J connectivity index is 1.62. The molecular formula is C29H31F2N2O+. The van der Waals surface area contributed by atoms with Crippen LogP contribution in [0.1, 0.15) is 30.1 Å². The summed E-state index contributed by atoms with van der Waals surface area (Å²) in [4.78, 5) is 4.54. The number of hydrogen-bond donors (Lipinski definition) is 0. The highest BCUT2D eigenvalue weighted by Gasteiger charge is 2.54. The quantitative estimate of drug-likeness (QED) is 0.287. The van der Waals surface area contributed by atoms with Gasteiger partial charge in [-0.3, -0.25) is 4.98 Å². The van der Waals surface area contributed by atoms with Crippen LogP contribution in [-0.2, 0) is 11.3 Å². The van der Waals surface area contributed by atoms with Crippen molar-refractivity contribution in [1.82, 2.24) is 4.98 Å². The molecule has 3 nitrogen and oxygen atoms in total. The van der Waals surface area contributed by atoms with Gasteiger partial charge in [0.2, 0.25) is 0 Å². The molecule has 4 heterocycles. The van der Waals surface area contributed by atoms with Crippen LogP contribution in [0.3, 0.4) is 0 Å². The minimum absolute atomic E-state index is 0.100. The van der Waals surface area contributed by atoms with E-state index >= 15 is 0 Å². The molecule has 0 amide bonds. The number of ether oxygens (including phenoxy) is 1. The van der Waals surface area contributed by atoms with Gasteiger partial charge in [-0.1, -0.05) is 42.5 Å². The molecule has 0 unspecified atom stereocenters. The summed E-state index contributed by atoms with van der Waals surface area (Å²) >= 11 is 0. The van der Waals surface area contributed by atoms with E-state index in [4.69, 9.17) is 4.74 Å². The van der Waals surface area contributed by atoms with Gasteiger partial charge in [0.15, 0.2) is 11.6 Å². The molecule has 3 fully saturated rings. The van der Waals surface area contributed by atoms with E-state index < -0.39 is 11.6 Å². The Labute approximate surface area is 200 Å². The van der Waals surface area contributed by atoms with E-state index in [1.807, 2.05) is 30.5 Å². The lowest BCUT2D eigenvalue weighted by Gasteiger charge is -2.58. The van der Waals surface area contributed by atoms with Gasteiger partial charge < -0.3 is 9.22 Å². The second-order valence-corrected chi connectivity index (χ2v) is 9.71. The molecule has 3 aromatic rings. The van der Waals surface area contributed by atoms with Crippen molar-refractivity contribution in [2.75, 3.05) is 19.7 Å². The van der Waals surface area contributed by atoms with Gasteiger partial charge >= 0.3 is 0 Å². The van der Waals surface area contributed by atoms with Crippen LogP contribution >= 0.6 is 0 Å². The molecule has 0 radical (unpaired) electrons. The Morgan fingerprint density at radius 3 is 2.79 bits per heavy atom. The van der Waals surface area contributed by atoms with Crippen LogP contribution in [0.25, 0.3) is 10.9 Å². The van der Waals surface area contributed by atoms with Gasteiger partial charge in [-0.05, 0) is 29.7 Å². The fourth-order valence-corrected chi connectivity index (χ4v) is 6.32. The number of piperidine rings is 3. The van der Waals surface area contributed by atoms with Crippen molar-refractivity contribution >= 4 is 10.9 Å². The Morgan fingerprint density at radius 1 is 1.12 bits per heavy atom.